The standard InChI is InChI=1S/C14H20O4P/c1-3-17-14(13-8-5-4-6-9-13)10-7-11-19(16)18-12(2)15/h4-6,8-9,14H,3,7,10-11H2,1-2H3/q+1. The van der Waals surface area contributed by atoms with E-state index in [0.29, 0.717) is 19.2 Å². The second-order valence-electron chi connectivity index (χ2n) is 4.14. The van der Waals surface area contributed by atoms with Crippen LogP contribution in [0.3, 0.4) is 0 Å². The second kappa shape index (κ2) is 8.78. The van der Waals surface area contributed by atoms with Crippen LogP contribution in [0.1, 0.15) is 38.4 Å². The Morgan fingerprint density at radius 1 is 1.32 bits per heavy atom. The Balaban J connectivity index is 2.43. The lowest BCUT2D eigenvalue weighted by atomic mass is 10.1. The Morgan fingerprint density at radius 2 is 2.00 bits per heavy atom. The van der Waals surface area contributed by atoms with E-state index in [4.69, 9.17) is 4.74 Å². The maximum Gasteiger partial charge on any atom is 0.558 e. The molecule has 0 bridgehead atoms. The van der Waals surface area contributed by atoms with Crippen LogP contribution in [0.15, 0.2) is 30.3 Å². The summed E-state index contributed by atoms with van der Waals surface area (Å²) in [4.78, 5) is 10.6. The number of hydrogen-bond acceptors (Lipinski definition) is 4. The van der Waals surface area contributed by atoms with Crippen LogP contribution in [0, 0.1) is 0 Å². The van der Waals surface area contributed by atoms with Crippen molar-refractivity contribution < 1.29 is 18.6 Å². The van der Waals surface area contributed by atoms with Gasteiger partial charge in [-0.15, -0.1) is 0 Å². The van der Waals surface area contributed by atoms with Crippen LogP contribution in [0.5, 0.6) is 0 Å². The fraction of sp³-hybridized carbons (Fsp3) is 0.500. The van der Waals surface area contributed by atoms with Crippen LogP contribution in [0.4, 0.5) is 0 Å². The highest BCUT2D eigenvalue weighted by Crippen LogP contribution is 2.28. The van der Waals surface area contributed by atoms with Crippen molar-refractivity contribution in [2.45, 2.75) is 32.8 Å². The molecule has 2 atom stereocenters. The van der Waals surface area contributed by atoms with Gasteiger partial charge in [-0.1, -0.05) is 30.3 Å². The van der Waals surface area contributed by atoms with Crippen LogP contribution >= 0.6 is 8.03 Å². The largest absolute Gasteiger partial charge is 0.558 e. The highest BCUT2D eigenvalue weighted by Gasteiger charge is 2.21. The van der Waals surface area contributed by atoms with Gasteiger partial charge >= 0.3 is 14.0 Å². The third-order valence-electron chi connectivity index (χ3n) is 2.58. The van der Waals surface area contributed by atoms with Gasteiger partial charge in [0.05, 0.1) is 6.10 Å². The molecule has 0 heterocycles. The Kier molecular flexibility index (Phi) is 7.31. The molecule has 0 saturated heterocycles. The van der Waals surface area contributed by atoms with Crippen LogP contribution in [0.25, 0.3) is 0 Å². The Labute approximate surface area is 115 Å². The molecule has 0 spiro atoms. The molecule has 1 aromatic rings. The van der Waals surface area contributed by atoms with Gasteiger partial charge in [0.15, 0.2) is 6.16 Å². The van der Waals surface area contributed by atoms with Crippen molar-refractivity contribution in [3.63, 3.8) is 0 Å². The number of carbonyl (C=O) groups excluding carboxylic acids is 1. The molecular formula is C14H20O4P+. The molecule has 5 heteroatoms. The average Bonchev–Trinajstić information content (AvgIpc) is 2.38. The smallest absolute Gasteiger partial charge is 0.374 e. The molecule has 0 aliphatic carbocycles. The van der Waals surface area contributed by atoms with Gasteiger partial charge in [-0.2, -0.15) is 0 Å². The van der Waals surface area contributed by atoms with E-state index < -0.39 is 14.0 Å². The van der Waals surface area contributed by atoms with Crippen molar-refractivity contribution in [1.82, 2.24) is 0 Å². The number of carbonyl (C=O) groups is 1. The molecule has 104 valence electrons. The topological polar surface area (TPSA) is 52.6 Å². The summed E-state index contributed by atoms with van der Waals surface area (Å²) in [5.74, 6) is -0.495. The minimum Gasteiger partial charge on any atom is -0.374 e. The first-order chi connectivity index (χ1) is 9.13. The maximum absolute atomic E-state index is 11.4. The highest BCUT2D eigenvalue weighted by atomic mass is 31.1. The summed E-state index contributed by atoms with van der Waals surface area (Å²) in [6.07, 6.45) is 1.85. The fourth-order valence-electron chi connectivity index (χ4n) is 1.81. The first kappa shape index (κ1) is 15.8. The minimum atomic E-state index is -1.88. The number of hydrogen-bond donors (Lipinski definition) is 0. The summed E-state index contributed by atoms with van der Waals surface area (Å²) in [7, 11) is -1.88. The molecule has 0 radical (unpaired) electrons. The zero-order valence-electron chi connectivity index (χ0n) is 11.4. The van der Waals surface area contributed by atoms with Gasteiger partial charge in [0.1, 0.15) is 0 Å². The lowest BCUT2D eigenvalue weighted by Crippen LogP contribution is -2.05. The van der Waals surface area contributed by atoms with E-state index in [-0.39, 0.29) is 6.10 Å². The van der Waals surface area contributed by atoms with Crippen molar-refractivity contribution in [3.05, 3.63) is 35.9 Å². The first-order valence-electron chi connectivity index (χ1n) is 6.43. The zero-order chi connectivity index (χ0) is 14.1. The van der Waals surface area contributed by atoms with Crippen molar-refractivity contribution in [2.24, 2.45) is 0 Å². The van der Waals surface area contributed by atoms with Gasteiger partial charge < -0.3 is 4.74 Å². The maximum atomic E-state index is 11.4. The molecule has 2 unspecified atom stereocenters. The van der Waals surface area contributed by atoms with Crippen LogP contribution in [0.2, 0.25) is 0 Å². The number of ether oxygens (including phenoxy) is 1. The van der Waals surface area contributed by atoms with E-state index >= 15 is 0 Å². The number of rotatable bonds is 8. The fourth-order valence-corrected chi connectivity index (χ4v) is 2.63. The molecule has 0 fully saturated rings. The van der Waals surface area contributed by atoms with Gasteiger partial charge in [0.25, 0.3) is 0 Å². The van der Waals surface area contributed by atoms with Crippen LogP contribution in [-0.4, -0.2) is 18.7 Å². The molecule has 0 aromatic heterocycles. The Morgan fingerprint density at radius 3 is 2.58 bits per heavy atom. The molecule has 1 aromatic carbocycles. The molecule has 1 rings (SSSR count). The molecule has 0 amide bonds. The minimum absolute atomic E-state index is 0.00641. The highest BCUT2D eigenvalue weighted by molar-refractivity contribution is 7.39. The number of benzene rings is 1. The van der Waals surface area contributed by atoms with Gasteiger partial charge in [-0.25, -0.2) is 9.32 Å². The van der Waals surface area contributed by atoms with E-state index in [1.54, 1.807) is 0 Å². The summed E-state index contributed by atoms with van der Waals surface area (Å²) >= 11 is 0. The third-order valence-corrected chi connectivity index (χ3v) is 3.72. The van der Waals surface area contributed by atoms with E-state index in [0.717, 1.165) is 12.0 Å². The van der Waals surface area contributed by atoms with Gasteiger partial charge in [-0.3, -0.25) is 0 Å². The summed E-state index contributed by atoms with van der Waals surface area (Å²) in [6, 6.07) is 9.95. The normalized spacial score (nSPS) is 12.8. The van der Waals surface area contributed by atoms with E-state index in [9.17, 15) is 9.36 Å². The summed E-state index contributed by atoms with van der Waals surface area (Å²) in [5, 5.41) is 0. The van der Waals surface area contributed by atoms with Crippen LogP contribution in [-0.2, 0) is 18.6 Å². The summed E-state index contributed by atoms with van der Waals surface area (Å²) in [6.45, 7) is 3.85. The molecule has 19 heavy (non-hydrogen) atoms. The quantitative estimate of drug-likeness (QED) is 0.680. The molecule has 0 saturated carbocycles. The molecule has 0 aliphatic rings. The van der Waals surface area contributed by atoms with Crippen molar-refractivity contribution in [2.75, 3.05) is 12.8 Å². The van der Waals surface area contributed by atoms with Crippen molar-refractivity contribution in [3.8, 4) is 0 Å². The lowest BCUT2D eigenvalue weighted by Gasteiger charge is -2.16. The van der Waals surface area contributed by atoms with Gasteiger partial charge in [-0.05, 0) is 29.9 Å². The average molecular weight is 283 g/mol. The Bertz CT molecular complexity index is 405. The molecular weight excluding hydrogens is 263 g/mol. The van der Waals surface area contributed by atoms with E-state index in [2.05, 4.69) is 4.52 Å². The van der Waals surface area contributed by atoms with Crippen molar-refractivity contribution >= 4 is 14.0 Å². The SMILES string of the molecule is CCOC(CCC[P+](=O)OC(C)=O)c1ccccc1. The Hall–Kier alpha value is -1.25. The second-order valence-corrected chi connectivity index (χ2v) is 5.43. The predicted octanol–water partition coefficient (Wildman–Crippen LogP) is 3.85. The molecule has 0 N–H and O–H groups in total. The third kappa shape index (κ3) is 6.46. The zero-order valence-corrected chi connectivity index (χ0v) is 12.3. The molecule has 4 nitrogen and oxygen atoms in total. The van der Waals surface area contributed by atoms with E-state index in [1.807, 2.05) is 37.3 Å². The van der Waals surface area contributed by atoms with Crippen molar-refractivity contribution in [1.29, 1.82) is 0 Å². The molecule has 0 aliphatic heterocycles. The lowest BCUT2D eigenvalue weighted by molar-refractivity contribution is -0.131. The first-order valence-corrected chi connectivity index (χ1v) is 7.79. The van der Waals surface area contributed by atoms with Gasteiger partial charge in [0.2, 0.25) is 0 Å². The summed E-state index contributed by atoms with van der Waals surface area (Å²) < 4.78 is 21.7. The van der Waals surface area contributed by atoms with Gasteiger partial charge in [0, 0.05) is 13.5 Å². The predicted molar refractivity (Wildman–Crippen MR) is 74.3 cm³/mol. The summed E-state index contributed by atoms with van der Waals surface area (Å²) in [5.41, 5.74) is 1.12. The van der Waals surface area contributed by atoms with E-state index in [1.165, 1.54) is 6.92 Å². The monoisotopic (exact) mass is 283 g/mol. The van der Waals surface area contributed by atoms with Crippen LogP contribution < -0.4 is 0 Å².